The lowest BCUT2D eigenvalue weighted by Gasteiger charge is -2.29. The third kappa shape index (κ3) is 6.95. The first-order chi connectivity index (χ1) is 7.40. The zero-order chi connectivity index (χ0) is 12.6. The first kappa shape index (κ1) is 15.6. The van der Waals surface area contributed by atoms with E-state index >= 15 is 0 Å². The molecule has 0 unspecified atom stereocenters. The average Bonchev–Trinajstić information content (AvgIpc) is 2.16. The van der Waals surface area contributed by atoms with Gasteiger partial charge in [-0.1, -0.05) is 11.6 Å². The number of rotatable bonds is 8. The second-order valence-corrected chi connectivity index (χ2v) is 4.46. The van der Waals surface area contributed by atoms with Crippen molar-refractivity contribution < 1.29 is 19.3 Å². The molecule has 0 saturated carbocycles. The molecule has 0 aromatic carbocycles. The van der Waals surface area contributed by atoms with Crippen LogP contribution in [-0.4, -0.2) is 43.9 Å². The summed E-state index contributed by atoms with van der Waals surface area (Å²) in [6, 6.07) is 0. The van der Waals surface area contributed by atoms with Crippen molar-refractivity contribution in [3.8, 4) is 0 Å². The SMILES string of the molecule is COCCOCOC(C)(C)[C@H](O)C=C(C)C. The minimum Gasteiger partial charge on any atom is -0.386 e. The predicted molar refractivity (Wildman–Crippen MR) is 63.3 cm³/mol. The normalized spacial score (nSPS) is 13.6. The van der Waals surface area contributed by atoms with Crippen LogP contribution in [0.2, 0.25) is 0 Å². The van der Waals surface area contributed by atoms with Crippen molar-refractivity contribution in [2.24, 2.45) is 0 Å². The molecular formula is C12H24O4. The van der Waals surface area contributed by atoms with E-state index in [2.05, 4.69) is 0 Å². The maximum atomic E-state index is 9.87. The fourth-order valence-electron chi connectivity index (χ4n) is 0.997. The molecule has 0 heterocycles. The molecule has 4 heteroatoms. The molecular weight excluding hydrogens is 208 g/mol. The summed E-state index contributed by atoms with van der Waals surface area (Å²) in [5.41, 5.74) is 0.411. The molecule has 0 radical (unpaired) electrons. The quantitative estimate of drug-likeness (QED) is 0.393. The lowest BCUT2D eigenvalue weighted by molar-refractivity contribution is -0.161. The Morgan fingerprint density at radius 1 is 1.31 bits per heavy atom. The van der Waals surface area contributed by atoms with Gasteiger partial charge in [0.05, 0.1) is 18.8 Å². The summed E-state index contributed by atoms with van der Waals surface area (Å²) < 4.78 is 15.5. The van der Waals surface area contributed by atoms with E-state index in [1.165, 1.54) is 0 Å². The number of methoxy groups -OCH3 is 1. The molecule has 0 aliphatic carbocycles. The standard InChI is InChI=1S/C12H24O4/c1-10(2)8-11(13)12(3,4)16-9-15-7-6-14-5/h8,11,13H,6-7,9H2,1-5H3/t11-/m1/s1. The van der Waals surface area contributed by atoms with Gasteiger partial charge in [-0.15, -0.1) is 0 Å². The van der Waals surface area contributed by atoms with Gasteiger partial charge in [-0.05, 0) is 27.7 Å². The molecule has 16 heavy (non-hydrogen) atoms. The highest BCUT2D eigenvalue weighted by Crippen LogP contribution is 2.17. The van der Waals surface area contributed by atoms with E-state index in [4.69, 9.17) is 14.2 Å². The van der Waals surface area contributed by atoms with Gasteiger partial charge in [0.1, 0.15) is 12.9 Å². The van der Waals surface area contributed by atoms with Crippen molar-refractivity contribution in [1.29, 1.82) is 0 Å². The van der Waals surface area contributed by atoms with Crippen LogP contribution in [0, 0.1) is 0 Å². The van der Waals surface area contributed by atoms with Crippen molar-refractivity contribution in [2.75, 3.05) is 27.1 Å². The summed E-state index contributed by atoms with van der Waals surface area (Å²) in [5, 5.41) is 9.87. The van der Waals surface area contributed by atoms with E-state index in [0.717, 1.165) is 5.57 Å². The summed E-state index contributed by atoms with van der Waals surface area (Å²) >= 11 is 0. The first-order valence-corrected chi connectivity index (χ1v) is 5.44. The highest BCUT2D eigenvalue weighted by molar-refractivity contribution is 5.03. The molecule has 0 spiro atoms. The first-order valence-electron chi connectivity index (χ1n) is 5.44. The molecule has 0 aromatic heterocycles. The van der Waals surface area contributed by atoms with Gasteiger partial charge in [0.25, 0.3) is 0 Å². The van der Waals surface area contributed by atoms with Crippen LogP contribution in [0.1, 0.15) is 27.7 Å². The molecule has 0 rings (SSSR count). The molecule has 0 amide bonds. The van der Waals surface area contributed by atoms with E-state index in [1.807, 2.05) is 27.7 Å². The Hall–Kier alpha value is -0.420. The van der Waals surface area contributed by atoms with Gasteiger partial charge in [0, 0.05) is 7.11 Å². The van der Waals surface area contributed by atoms with Crippen LogP contribution in [0.15, 0.2) is 11.6 Å². The third-order valence-electron chi connectivity index (χ3n) is 2.15. The second kappa shape index (κ2) is 7.79. The number of aliphatic hydroxyl groups excluding tert-OH is 1. The highest BCUT2D eigenvalue weighted by Gasteiger charge is 2.26. The topological polar surface area (TPSA) is 47.9 Å². The van der Waals surface area contributed by atoms with Gasteiger partial charge in [-0.2, -0.15) is 0 Å². The fraction of sp³-hybridized carbons (Fsp3) is 0.833. The van der Waals surface area contributed by atoms with Crippen LogP contribution in [0.4, 0.5) is 0 Å². The van der Waals surface area contributed by atoms with E-state index < -0.39 is 11.7 Å². The van der Waals surface area contributed by atoms with Crippen molar-refractivity contribution in [3.63, 3.8) is 0 Å². The van der Waals surface area contributed by atoms with Crippen molar-refractivity contribution in [3.05, 3.63) is 11.6 Å². The molecule has 96 valence electrons. The van der Waals surface area contributed by atoms with Gasteiger partial charge in [-0.3, -0.25) is 0 Å². The summed E-state index contributed by atoms with van der Waals surface area (Å²) in [6.45, 7) is 8.73. The summed E-state index contributed by atoms with van der Waals surface area (Å²) in [7, 11) is 1.62. The van der Waals surface area contributed by atoms with Crippen molar-refractivity contribution >= 4 is 0 Å². The molecule has 4 nitrogen and oxygen atoms in total. The van der Waals surface area contributed by atoms with Crippen LogP contribution in [-0.2, 0) is 14.2 Å². The zero-order valence-corrected chi connectivity index (χ0v) is 10.9. The number of ether oxygens (including phenoxy) is 3. The lowest BCUT2D eigenvalue weighted by Crippen LogP contribution is -2.38. The number of aliphatic hydroxyl groups is 1. The van der Waals surface area contributed by atoms with Crippen LogP contribution < -0.4 is 0 Å². The van der Waals surface area contributed by atoms with Gasteiger partial charge < -0.3 is 19.3 Å². The Bertz CT molecular complexity index is 207. The fourth-order valence-corrected chi connectivity index (χ4v) is 0.997. The Balaban J connectivity index is 3.90. The third-order valence-corrected chi connectivity index (χ3v) is 2.15. The minimum absolute atomic E-state index is 0.157. The van der Waals surface area contributed by atoms with Gasteiger partial charge in [-0.25, -0.2) is 0 Å². The van der Waals surface area contributed by atoms with Crippen molar-refractivity contribution in [1.82, 2.24) is 0 Å². The zero-order valence-electron chi connectivity index (χ0n) is 10.9. The lowest BCUT2D eigenvalue weighted by atomic mass is 10.00. The highest BCUT2D eigenvalue weighted by atomic mass is 16.7. The van der Waals surface area contributed by atoms with Gasteiger partial charge in [0.2, 0.25) is 0 Å². The van der Waals surface area contributed by atoms with Crippen LogP contribution in [0.3, 0.4) is 0 Å². The van der Waals surface area contributed by atoms with Crippen LogP contribution >= 0.6 is 0 Å². The summed E-state index contributed by atoms with van der Waals surface area (Å²) in [4.78, 5) is 0. The molecule has 0 aliphatic heterocycles. The molecule has 0 saturated heterocycles. The Kier molecular flexibility index (Phi) is 7.58. The van der Waals surface area contributed by atoms with Gasteiger partial charge >= 0.3 is 0 Å². The number of hydrogen-bond acceptors (Lipinski definition) is 4. The van der Waals surface area contributed by atoms with Crippen LogP contribution in [0.5, 0.6) is 0 Å². The summed E-state index contributed by atoms with van der Waals surface area (Å²) in [5.74, 6) is 0. The molecule has 0 bridgehead atoms. The van der Waals surface area contributed by atoms with E-state index in [1.54, 1.807) is 13.2 Å². The van der Waals surface area contributed by atoms with E-state index in [-0.39, 0.29) is 6.79 Å². The predicted octanol–water partition coefficient (Wildman–Crippen LogP) is 1.73. The molecule has 1 atom stereocenters. The molecule has 0 aromatic rings. The van der Waals surface area contributed by atoms with E-state index in [0.29, 0.717) is 13.2 Å². The summed E-state index contributed by atoms with van der Waals surface area (Å²) in [6.07, 6.45) is 1.14. The Morgan fingerprint density at radius 3 is 2.44 bits per heavy atom. The monoisotopic (exact) mass is 232 g/mol. The maximum absolute atomic E-state index is 9.87. The largest absolute Gasteiger partial charge is 0.386 e. The number of hydrogen-bond donors (Lipinski definition) is 1. The minimum atomic E-state index is -0.648. The smallest absolute Gasteiger partial charge is 0.147 e. The molecule has 0 fully saturated rings. The Labute approximate surface area is 98.2 Å². The molecule has 1 N–H and O–H groups in total. The van der Waals surface area contributed by atoms with Crippen molar-refractivity contribution in [2.45, 2.75) is 39.4 Å². The van der Waals surface area contributed by atoms with E-state index in [9.17, 15) is 5.11 Å². The Morgan fingerprint density at radius 2 is 1.94 bits per heavy atom. The average molecular weight is 232 g/mol. The number of allylic oxidation sites excluding steroid dienone is 1. The van der Waals surface area contributed by atoms with Gasteiger partial charge in [0.15, 0.2) is 0 Å². The molecule has 0 aliphatic rings. The second-order valence-electron chi connectivity index (χ2n) is 4.46. The van der Waals surface area contributed by atoms with Crippen LogP contribution in [0.25, 0.3) is 0 Å². The maximum Gasteiger partial charge on any atom is 0.147 e.